The van der Waals surface area contributed by atoms with Gasteiger partial charge in [0.2, 0.25) is 0 Å². The molecule has 0 fully saturated rings. The van der Waals surface area contributed by atoms with Crippen LogP contribution in [0, 0.1) is 0 Å². The molecule has 0 saturated heterocycles. The average Bonchev–Trinajstić information content (AvgIpc) is 3.49. The molecule has 160 valence electrons. The largest absolute Gasteiger partial charge is 0.316 e. The molecule has 2 heterocycles. The zero-order chi connectivity index (χ0) is 22.5. The van der Waals surface area contributed by atoms with Gasteiger partial charge in [0, 0.05) is 33.6 Å². The van der Waals surface area contributed by atoms with E-state index in [1.807, 2.05) is 0 Å². The normalized spacial score (nSPS) is 11.5. The first kappa shape index (κ1) is 19.0. The van der Waals surface area contributed by atoms with Crippen LogP contribution in [-0.2, 0) is 0 Å². The Morgan fingerprint density at radius 3 is 2.00 bits per heavy atom. The van der Waals surface area contributed by atoms with Crippen LogP contribution in [0.25, 0.3) is 55.2 Å². The number of benzene rings is 5. The summed E-state index contributed by atoms with van der Waals surface area (Å²) in [5.74, 6) is 0. The fourth-order valence-corrected chi connectivity index (χ4v) is 5.27. The van der Waals surface area contributed by atoms with Crippen LogP contribution in [0.5, 0.6) is 0 Å². The highest BCUT2D eigenvalue weighted by molar-refractivity contribution is 6.18. The number of hydrogen-bond donors (Lipinski definition) is 0. The minimum atomic E-state index is 1.17. The topological polar surface area (TPSA) is 9.86 Å². The molecular weight excluding hydrogens is 412 g/mol. The van der Waals surface area contributed by atoms with E-state index in [-0.39, 0.29) is 0 Å². The standard InChI is InChI=1S/C32H22N2/c1-3-11-23(12-4-1)25-15-7-9-17-30(25)34-31-18-10-8-16-26(31)27-19-20-29-28(32(27)34)21-22-33(29)24-13-5-2-6-14-24/h1-22H. The van der Waals surface area contributed by atoms with Gasteiger partial charge in [0.15, 0.2) is 0 Å². The fraction of sp³-hybridized carbons (Fsp3) is 0. The summed E-state index contributed by atoms with van der Waals surface area (Å²) in [6, 6.07) is 45.5. The first-order valence-corrected chi connectivity index (χ1v) is 11.6. The van der Waals surface area contributed by atoms with Crippen LogP contribution in [0.3, 0.4) is 0 Å². The predicted octanol–water partition coefficient (Wildman–Crippen LogP) is 8.39. The van der Waals surface area contributed by atoms with Gasteiger partial charge in [0.05, 0.1) is 22.2 Å². The van der Waals surface area contributed by atoms with Crippen molar-refractivity contribution >= 4 is 32.7 Å². The Hall–Kier alpha value is -4.56. The summed E-state index contributed by atoms with van der Waals surface area (Å²) < 4.78 is 4.73. The first-order valence-electron chi connectivity index (χ1n) is 11.6. The molecule has 34 heavy (non-hydrogen) atoms. The van der Waals surface area contributed by atoms with Crippen LogP contribution in [-0.4, -0.2) is 9.13 Å². The van der Waals surface area contributed by atoms with Crippen molar-refractivity contribution in [3.8, 4) is 22.5 Å². The Kier molecular flexibility index (Phi) is 4.18. The van der Waals surface area contributed by atoms with E-state index >= 15 is 0 Å². The van der Waals surface area contributed by atoms with E-state index in [0.29, 0.717) is 0 Å². The van der Waals surface area contributed by atoms with E-state index in [1.165, 1.54) is 55.2 Å². The van der Waals surface area contributed by atoms with Crippen molar-refractivity contribution < 1.29 is 0 Å². The smallest absolute Gasteiger partial charge is 0.0635 e. The van der Waals surface area contributed by atoms with Crippen molar-refractivity contribution in [3.63, 3.8) is 0 Å². The summed E-state index contributed by atoms with van der Waals surface area (Å²) in [5, 5.41) is 3.80. The Labute approximate surface area is 197 Å². The van der Waals surface area contributed by atoms with Crippen LogP contribution in [0.4, 0.5) is 0 Å². The molecule has 0 aliphatic carbocycles. The van der Waals surface area contributed by atoms with E-state index in [4.69, 9.17) is 0 Å². The Morgan fingerprint density at radius 2 is 1.15 bits per heavy atom. The molecule has 7 aromatic rings. The Morgan fingerprint density at radius 1 is 0.441 bits per heavy atom. The molecule has 7 rings (SSSR count). The van der Waals surface area contributed by atoms with Gasteiger partial charge in [0.1, 0.15) is 0 Å². The second-order valence-electron chi connectivity index (χ2n) is 8.65. The van der Waals surface area contributed by atoms with Gasteiger partial charge in [-0.1, -0.05) is 91.0 Å². The molecular formula is C32H22N2. The summed E-state index contributed by atoms with van der Waals surface area (Å²) in [5.41, 5.74) is 8.49. The SMILES string of the molecule is c1ccc(-c2ccccc2-n2c3ccccc3c3ccc4c(ccn4-c4ccccc4)c32)cc1. The molecule has 0 amide bonds. The third kappa shape index (κ3) is 2.76. The van der Waals surface area contributed by atoms with Crippen LogP contribution in [0.1, 0.15) is 0 Å². The maximum atomic E-state index is 2.45. The van der Waals surface area contributed by atoms with Crippen molar-refractivity contribution in [1.29, 1.82) is 0 Å². The van der Waals surface area contributed by atoms with E-state index in [9.17, 15) is 0 Å². The third-order valence-electron chi connectivity index (χ3n) is 6.77. The number of nitrogens with zero attached hydrogens (tertiary/aromatic N) is 2. The highest BCUT2D eigenvalue weighted by Gasteiger charge is 2.18. The van der Waals surface area contributed by atoms with E-state index in [1.54, 1.807) is 0 Å². The number of aromatic nitrogens is 2. The lowest BCUT2D eigenvalue weighted by Crippen LogP contribution is -1.97. The Balaban J connectivity index is 1.62. The highest BCUT2D eigenvalue weighted by Crippen LogP contribution is 2.39. The van der Waals surface area contributed by atoms with Crippen LogP contribution < -0.4 is 0 Å². The molecule has 0 saturated carbocycles. The van der Waals surface area contributed by atoms with Crippen LogP contribution in [0.15, 0.2) is 134 Å². The van der Waals surface area contributed by atoms with Crippen LogP contribution >= 0.6 is 0 Å². The van der Waals surface area contributed by atoms with E-state index in [2.05, 4.69) is 143 Å². The number of para-hydroxylation sites is 3. The molecule has 0 bridgehead atoms. The van der Waals surface area contributed by atoms with Gasteiger partial charge >= 0.3 is 0 Å². The number of hydrogen-bond acceptors (Lipinski definition) is 0. The van der Waals surface area contributed by atoms with Crippen molar-refractivity contribution in [2.45, 2.75) is 0 Å². The van der Waals surface area contributed by atoms with E-state index < -0.39 is 0 Å². The average molecular weight is 435 g/mol. The van der Waals surface area contributed by atoms with Crippen molar-refractivity contribution in [3.05, 3.63) is 134 Å². The molecule has 0 radical (unpaired) electrons. The fourth-order valence-electron chi connectivity index (χ4n) is 5.27. The summed E-state index contributed by atoms with van der Waals surface area (Å²) >= 11 is 0. The minimum Gasteiger partial charge on any atom is -0.316 e. The van der Waals surface area contributed by atoms with Gasteiger partial charge in [-0.25, -0.2) is 0 Å². The lowest BCUT2D eigenvalue weighted by molar-refractivity contribution is 1.13. The monoisotopic (exact) mass is 434 g/mol. The molecule has 0 unspecified atom stereocenters. The molecule has 0 aliphatic heterocycles. The molecule has 5 aromatic carbocycles. The molecule has 2 nitrogen and oxygen atoms in total. The minimum absolute atomic E-state index is 1.17. The van der Waals surface area contributed by atoms with Gasteiger partial charge in [-0.3, -0.25) is 0 Å². The second-order valence-corrected chi connectivity index (χ2v) is 8.65. The highest BCUT2D eigenvalue weighted by atomic mass is 15.0. The molecule has 0 N–H and O–H groups in total. The maximum Gasteiger partial charge on any atom is 0.0635 e. The third-order valence-corrected chi connectivity index (χ3v) is 6.77. The lowest BCUT2D eigenvalue weighted by atomic mass is 10.0. The summed E-state index contributed by atoms with van der Waals surface area (Å²) in [6.07, 6.45) is 2.19. The zero-order valence-electron chi connectivity index (χ0n) is 18.6. The van der Waals surface area contributed by atoms with Crippen molar-refractivity contribution in [2.75, 3.05) is 0 Å². The van der Waals surface area contributed by atoms with Gasteiger partial charge in [-0.05, 0) is 42.0 Å². The molecule has 0 atom stereocenters. The zero-order valence-corrected chi connectivity index (χ0v) is 18.6. The molecule has 0 spiro atoms. The summed E-state index contributed by atoms with van der Waals surface area (Å²) in [7, 11) is 0. The molecule has 0 aliphatic rings. The summed E-state index contributed by atoms with van der Waals surface area (Å²) in [6.45, 7) is 0. The Bertz CT molecular complexity index is 1790. The lowest BCUT2D eigenvalue weighted by Gasteiger charge is -2.14. The maximum absolute atomic E-state index is 2.45. The quantitative estimate of drug-likeness (QED) is 0.264. The molecule has 2 heteroatoms. The van der Waals surface area contributed by atoms with Gasteiger partial charge < -0.3 is 9.13 Å². The first-order chi connectivity index (χ1) is 16.9. The second kappa shape index (κ2) is 7.50. The van der Waals surface area contributed by atoms with Crippen molar-refractivity contribution in [1.82, 2.24) is 9.13 Å². The predicted molar refractivity (Wildman–Crippen MR) is 143 cm³/mol. The number of fused-ring (bicyclic) bond motifs is 5. The van der Waals surface area contributed by atoms with Gasteiger partial charge in [0.25, 0.3) is 0 Å². The van der Waals surface area contributed by atoms with E-state index in [0.717, 1.165) is 0 Å². The van der Waals surface area contributed by atoms with Gasteiger partial charge in [-0.15, -0.1) is 0 Å². The van der Waals surface area contributed by atoms with Crippen LogP contribution in [0.2, 0.25) is 0 Å². The van der Waals surface area contributed by atoms with Crippen molar-refractivity contribution in [2.24, 2.45) is 0 Å². The molecule has 2 aromatic heterocycles. The number of rotatable bonds is 3. The summed E-state index contributed by atoms with van der Waals surface area (Å²) in [4.78, 5) is 0. The van der Waals surface area contributed by atoms with Gasteiger partial charge in [-0.2, -0.15) is 0 Å².